The van der Waals surface area contributed by atoms with E-state index in [1.54, 1.807) is 0 Å². The molecule has 2 unspecified atom stereocenters. The van der Waals surface area contributed by atoms with E-state index < -0.39 is 41.4 Å². The summed E-state index contributed by atoms with van der Waals surface area (Å²) in [5.41, 5.74) is -1.53. The molecule has 1 saturated heterocycles. The number of hydrogen-bond acceptors (Lipinski definition) is 2. The minimum absolute atomic E-state index is 0.0514. The first kappa shape index (κ1) is 15.3. The fourth-order valence-corrected chi connectivity index (χ4v) is 2.49. The van der Waals surface area contributed by atoms with Crippen LogP contribution in [-0.2, 0) is 15.8 Å². The van der Waals surface area contributed by atoms with Gasteiger partial charge < -0.3 is 10.0 Å². The van der Waals surface area contributed by atoms with Crippen molar-refractivity contribution in [1.29, 1.82) is 0 Å². The molecule has 1 N–H and O–H groups in total. The second-order valence-electron chi connectivity index (χ2n) is 4.84. The Morgan fingerprint density at radius 1 is 1.38 bits per heavy atom. The Kier molecular flexibility index (Phi) is 3.65. The van der Waals surface area contributed by atoms with Crippen LogP contribution in [-0.4, -0.2) is 28.9 Å². The normalized spacial score (nSPS) is 22.7. The monoisotopic (exact) mass is 305 g/mol. The number of likely N-dealkylation sites (tertiary alicyclic amines) is 1. The van der Waals surface area contributed by atoms with Gasteiger partial charge in [-0.15, -0.1) is 0 Å². The summed E-state index contributed by atoms with van der Waals surface area (Å²) >= 11 is 0. The third-order valence-electron chi connectivity index (χ3n) is 3.54. The van der Waals surface area contributed by atoms with Gasteiger partial charge in [0.15, 0.2) is 0 Å². The lowest BCUT2D eigenvalue weighted by Crippen LogP contribution is -2.27. The van der Waals surface area contributed by atoms with Crippen molar-refractivity contribution >= 4 is 11.9 Å². The minimum Gasteiger partial charge on any atom is -0.481 e. The third kappa shape index (κ3) is 2.70. The Morgan fingerprint density at radius 2 is 2.00 bits per heavy atom. The van der Waals surface area contributed by atoms with Crippen molar-refractivity contribution in [2.75, 3.05) is 7.05 Å². The maximum Gasteiger partial charge on any atom is 0.419 e. The van der Waals surface area contributed by atoms with Crippen LogP contribution >= 0.6 is 0 Å². The van der Waals surface area contributed by atoms with Gasteiger partial charge in [-0.05, 0) is 17.7 Å². The molecule has 1 aromatic rings. The van der Waals surface area contributed by atoms with Crippen LogP contribution in [0.3, 0.4) is 0 Å². The zero-order chi connectivity index (χ0) is 15.9. The number of benzene rings is 1. The number of amides is 1. The van der Waals surface area contributed by atoms with Crippen molar-refractivity contribution in [3.05, 3.63) is 35.1 Å². The van der Waals surface area contributed by atoms with E-state index in [9.17, 15) is 27.2 Å². The number of nitrogens with zero attached hydrogens (tertiary/aromatic N) is 1. The van der Waals surface area contributed by atoms with Gasteiger partial charge in [-0.2, -0.15) is 13.2 Å². The summed E-state index contributed by atoms with van der Waals surface area (Å²) in [5, 5.41) is 9.09. The smallest absolute Gasteiger partial charge is 0.419 e. The van der Waals surface area contributed by atoms with Crippen LogP contribution in [0.25, 0.3) is 0 Å². The van der Waals surface area contributed by atoms with Gasteiger partial charge in [0, 0.05) is 13.5 Å². The molecule has 0 radical (unpaired) electrons. The second-order valence-corrected chi connectivity index (χ2v) is 4.84. The van der Waals surface area contributed by atoms with Crippen molar-refractivity contribution in [2.45, 2.75) is 18.6 Å². The number of aliphatic carboxylic acids is 1. The first-order chi connectivity index (χ1) is 9.62. The summed E-state index contributed by atoms with van der Waals surface area (Å²) in [4.78, 5) is 23.8. The largest absolute Gasteiger partial charge is 0.481 e. The molecule has 0 aliphatic carbocycles. The van der Waals surface area contributed by atoms with E-state index in [1.807, 2.05) is 0 Å². The summed E-state index contributed by atoms with van der Waals surface area (Å²) < 4.78 is 51.4. The molecule has 21 heavy (non-hydrogen) atoms. The van der Waals surface area contributed by atoms with Crippen molar-refractivity contribution in [3.63, 3.8) is 0 Å². The molecule has 0 bridgehead atoms. The predicted molar refractivity (Wildman–Crippen MR) is 62.7 cm³/mol. The summed E-state index contributed by atoms with van der Waals surface area (Å²) in [7, 11) is 1.31. The standard InChI is InChI=1S/C13H11F4NO3/c1-18-10(19)5-7(12(20)21)11(18)6-2-3-9(14)8(4-6)13(15,16)17/h2-4,7,11H,5H2,1H3,(H,20,21). The number of alkyl halides is 3. The average molecular weight is 305 g/mol. The van der Waals surface area contributed by atoms with E-state index in [4.69, 9.17) is 5.11 Å². The topological polar surface area (TPSA) is 57.6 Å². The highest BCUT2D eigenvalue weighted by atomic mass is 19.4. The Balaban J connectivity index is 2.50. The summed E-state index contributed by atoms with van der Waals surface area (Å²) in [5.74, 6) is -4.36. The molecule has 1 amide bonds. The summed E-state index contributed by atoms with van der Waals surface area (Å²) in [6.45, 7) is 0. The molecule has 0 spiro atoms. The van der Waals surface area contributed by atoms with Crippen molar-refractivity contribution in [2.24, 2.45) is 5.92 Å². The lowest BCUT2D eigenvalue weighted by atomic mass is 9.92. The van der Waals surface area contributed by atoms with E-state index in [2.05, 4.69) is 0 Å². The Labute approximate surface area is 117 Å². The Hall–Kier alpha value is -2.12. The van der Waals surface area contributed by atoms with Crippen LogP contribution < -0.4 is 0 Å². The Bertz CT molecular complexity index is 600. The van der Waals surface area contributed by atoms with Crippen molar-refractivity contribution in [1.82, 2.24) is 4.90 Å². The van der Waals surface area contributed by atoms with Crippen molar-refractivity contribution in [3.8, 4) is 0 Å². The third-order valence-corrected chi connectivity index (χ3v) is 3.54. The average Bonchev–Trinajstić information content (AvgIpc) is 2.66. The van der Waals surface area contributed by atoms with Crippen LogP contribution in [0.2, 0.25) is 0 Å². The van der Waals surface area contributed by atoms with Gasteiger partial charge >= 0.3 is 12.1 Å². The minimum atomic E-state index is -4.89. The Morgan fingerprint density at radius 3 is 2.52 bits per heavy atom. The van der Waals surface area contributed by atoms with E-state index in [0.29, 0.717) is 12.1 Å². The number of carboxylic acid groups (broad SMARTS) is 1. The van der Waals surface area contributed by atoms with Gasteiger partial charge in [0.2, 0.25) is 5.91 Å². The molecule has 2 rings (SSSR count). The first-order valence-corrected chi connectivity index (χ1v) is 5.98. The lowest BCUT2D eigenvalue weighted by Gasteiger charge is -2.24. The van der Waals surface area contributed by atoms with Crippen LogP contribution in [0.5, 0.6) is 0 Å². The number of hydrogen-bond donors (Lipinski definition) is 1. The van der Waals surface area contributed by atoms with Crippen LogP contribution in [0.4, 0.5) is 17.6 Å². The van der Waals surface area contributed by atoms with E-state index in [0.717, 1.165) is 11.0 Å². The molecular weight excluding hydrogens is 294 g/mol. The zero-order valence-corrected chi connectivity index (χ0v) is 10.8. The van der Waals surface area contributed by atoms with Gasteiger partial charge in [0.25, 0.3) is 0 Å². The molecule has 8 heteroatoms. The number of halogens is 4. The highest BCUT2D eigenvalue weighted by molar-refractivity contribution is 5.87. The molecular formula is C13H11F4NO3. The van der Waals surface area contributed by atoms with Crippen LogP contribution in [0.1, 0.15) is 23.6 Å². The molecule has 0 aromatic heterocycles. The molecule has 0 saturated carbocycles. The second kappa shape index (κ2) is 5.01. The number of carbonyl (C=O) groups excluding carboxylic acids is 1. The molecule has 1 aromatic carbocycles. The maximum atomic E-state index is 13.3. The molecule has 1 aliphatic heterocycles. The van der Waals surface area contributed by atoms with Gasteiger partial charge in [-0.3, -0.25) is 9.59 Å². The fourth-order valence-electron chi connectivity index (χ4n) is 2.49. The number of carbonyl (C=O) groups is 2. The maximum absolute atomic E-state index is 13.3. The molecule has 1 fully saturated rings. The van der Waals surface area contributed by atoms with Gasteiger partial charge in [0.1, 0.15) is 5.82 Å². The summed E-state index contributed by atoms with van der Waals surface area (Å²) in [6, 6.07) is 1.22. The molecule has 4 nitrogen and oxygen atoms in total. The SMILES string of the molecule is CN1C(=O)CC(C(=O)O)C1c1ccc(F)c(C(F)(F)F)c1. The molecule has 1 heterocycles. The van der Waals surface area contributed by atoms with E-state index in [1.165, 1.54) is 7.05 Å². The highest BCUT2D eigenvalue weighted by Gasteiger charge is 2.44. The van der Waals surface area contributed by atoms with Crippen molar-refractivity contribution < 1.29 is 32.3 Å². The van der Waals surface area contributed by atoms with E-state index >= 15 is 0 Å². The zero-order valence-electron chi connectivity index (χ0n) is 10.8. The molecule has 2 atom stereocenters. The van der Waals surface area contributed by atoms with Crippen LogP contribution in [0.15, 0.2) is 18.2 Å². The lowest BCUT2D eigenvalue weighted by molar-refractivity contribution is -0.142. The predicted octanol–water partition coefficient (Wildman–Crippen LogP) is 2.45. The van der Waals surface area contributed by atoms with Gasteiger partial charge in [-0.1, -0.05) is 6.07 Å². The first-order valence-electron chi connectivity index (χ1n) is 5.98. The number of rotatable bonds is 2. The van der Waals surface area contributed by atoms with Gasteiger partial charge in [-0.25, -0.2) is 4.39 Å². The van der Waals surface area contributed by atoms with Crippen LogP contribution in [0, 0.1) is 11.7 Å². The quantitative estimate of drug-likeness (QED) is 0.854. The highest BCUT2D eigenvalue weighted by Crippen LogP contribution is 2.40. The fraction of sp³-hybridized carbons (Fsp3) is 0.385. The molecule has 1 aliphatic rings. The number of carboxylic acids is 1. The van der Waals surface area contributed by atoms with Gasteiger partial charge in [0.05, 0.1) is 17.5 Å². The molecule has 114 valence electrons. The van der Waals surface area contributed by atoms with E-state index in [-0.39, 0.29) is 12.0 Å². The summed E-state index contributed by atoms with van der Waals surface area (Å²) in [6.07, 6.45) is -5.19.